The van der Waals surface area contributed by atoms with Crippen molar-refractivity contribution in [3.8, 4) is 0 Å². The van der Waals surface area contributed by atoms with Crippen molar-refractivity contribution in [2.45, 2.75) is 44.8 Å². The Morgan fingerprint density at radius 2 is 2.04 bits per heavy atom. The summed E-state index contributed by atoms with van der Waals surface area (Å²) < 4.78 is 14.9. The molecule has 1 aliphatic heterocycles. The Balaban J connectivity index is 1.49. The summed E-state index contributed by atoms with van der Waals surface area (Å²) in [5.74, 6) is -0.194. The second-order valence-corrected chi connectivity index (χ2v) is 6.85. The first kappa shape index (κ1) is 18.3. The van der Waals surface area contributed by atoms with Gasteiger partial charge in [-0.2, -0.15) is 0 Å². The van der Waals surface area contributed by atoms with Crippen LogP contribution in [0, 0.1) is 5.82 Å². The van der Waals surface area contributed by atoms with Crippen molar-refractivity contribution < 1.29 is 9.18 Å². The Kier molecular flexibility index (Phi) is 5.82. The van der Waals surface area contributed by atoms with Crippen LogP contribution in [0.15, 0.2) is 30.5 Å². The van der Waals surface area contributed by atoms with Gasteiger partial charge in [-0.15, -0.1) is 5.10 Å². The van der Waals surface area contributed by atoms with E-state index in [4.69, 9.17) is 5.73 Å². The number of likely N-dealkylation sites (tertiary alicyclic amines) is 1. The van der Waals surface area contributed by atoms with E-state index in [9.17, 15) is 9.18 Å². The van der Waals surface area contributed by atoms with Gasteiger partial charge in [-0.05, 0) is 43.9 Å². The van der Waals surface area contributed by atoms with Crippen molar-refractivity contribution >= 4 is 6.03 Å². The highest BCUT2D eigenvalue weighted by Gasteiger charge is 2.24. The zero-order valence-corrected chi connectivity index (χ0v) is 14.9. The van der Waals surface area contributed by atoms with Crippen LogP contribution in [0.3, 0.4) is 0 Å². The highest BCUT2D eigenvalue weighted by molar-refractivity contribution is 5.71. The van der Waals surface area contributed by atoms with Gasteiger partial charge in [-0.25, -0.2) is 13.9 Å². The number of amides is 2. The number of urea groups is 1. The van der Waals surface area contributed by atoms with Crippen LogP contribution in [0.25, 0.3) is 0 Å². The number of nitrogens with zero attached hydrogens (tertiary/aromatic N) is 4. The molecule has 8 heteroatoms. The fraction of sp³-hybridized carbons (Fsp3) is 0.500. The van der Waals surface area contributed by atoms with Gasteiger partial charge in [0, 0.05) is 19.1 Å². The predicted octanol–water partition coefficient (Wildman–Crippen LogP) is 1.85. The molecule has 1 aromatic heterocycles. The van der Waals surface area contributed by atoms with Crippen LogP contribution in [-0.2, 0) is 13.0 Å². The summed E-state index contributed by atoms with van der Waals surface area (Å²) in [6, 6.07) is 6.91. The minimum Gasteiger partial charge on any atom is -0.352 e. The number of benzene rings is 1. The van der Waals surface area contributed by atoms with Gasteiger partial charge in [0.05, 0.1) is 18.8 Å². The lowest BCUT2D eigenvalue weighted by Gasteiger charge is -2.36. The summed E-state index contributed by atoms with van der Waals surface area (Å²) in [5, 5.41) is 10.8. The molecule has 0 aliphatic carbocycles. The third kappa shape index (κ3) is 4.78. The average Bonchev–Trinajstić information content (AvgIpc) is 3.11. The molecule has 1 aliphatic rings. The number of carbonyl (C=O) groups excluding carboxylic acids is 1. The van der Waals surface area contributed by atoms with Gasteiger partial charge >= 0.3 is 6.03 Å². The van der Waals surface area contributed by atoms with Crippen molar-refractivity contribution in [3.63, 3.8) is 0 Å². The normalized spacial score (nSPS) is 17.2. The van der Waals surface area contributed by atoms with Crippen LogP contribution >= 0.6 is 0 Å². The van der Waals surface area contributed by atoms with E-state index < -0.39 is 6.03 Å². The molecule has 3 rings (SSSR count). The lowest BCUT2D eigenvalue weighted by molar-refractivity contribution is 0.137. The molecule has 1 aromatic carbocycles. The van der Waals surface area contributed by atoms with Crippen molar-refractivity contribution in [2.75, 3.05) is 13.1 Å². The Morgan fingerprint density at radius 3 is 2.69 bits per heavy atom. The minimum absolute atomic E-state index is 0.194. The predicted molar refractivity (Wildman–Crippen MR) is 95.9 cm³/mol. The first-order valence-corrected chi connectivity index (χ1v) is 8.94. The molecule has 2 heterocycles. The largest absolute Gasteiger partial charge is 0.352 e. The number of rotatable bonds is 6. The molecule has 0 saturated carbocycles. The third-order valence-electron chi connectivity index (χ3n) is 4.94. The number of carbonyl (C=O) groups is 1. The molecule has 0 bridgehead atoms. The molecule has 1 saturated heterocycles. The number of nitrogens with two attached hydrogens (primary N) is 1. The van der Waals surface area contributed by atoms with Crippen molar-refractivity contribution in [2.24, 2.45) is 5.73 Å². The van der Waals surface area contributed by atoms with Crippen LogP contribution in [0.5, 0.6) is 0 Å². The van der Waals surface area contributed by atoms with E-state index in [1.807, 2.05) is 23.0 Å². The topological polar surface area (TPSA) is 89.1 Å². The molecular formula is C18H25FN6O. The Hall–Kier alpha value is -2.48. The van der Waals surface area contributed by atoms with E-state index in [-0.39, 0.29) is 5.82 Å². The Labute approximate surface area is 152 Å². The first-order valence-electron chi connectivity index (χ1n) is 8.94. The number of hydrogen-bond acceptors (Lipinski definition) is 4. The number of hydrogen-bond donors (Lipinski definition) is 2. The highest BCUT2D eigenvalue weighted by Crippen LogP contribution is 2.24. The molecule has 0 radical (unpaired) electrons. The van der Waals surface area contributed by atoms with Gasteiger partial charge in [0.25, 0.3) is 0 Å². The van der Waals surface area contributed by atoms with E-state index in [1.54, 1.807) is 0 Å². The average molecular weight is 360 g/mol. The van der Waals surface area contributed by atoms with Crippen LogP contribution in [-0.4, -0.2) is 45.1 Å². The first-order chi connectivity index (χ1) is 12.5. The lowest BCUT2D eigenvalue weighted by Crippen LogP contribution is -2.41. The number of nitrogens with one attached hydrogen (secondary N) is 1. The summed E-state index contributed by atoms with van der Waals surface area (Å²) in [7, 11) is 0. The van der Waals surface area contributed by atoms with Gasteiger partial charge in [-0.1, -0.05) is 17.3 Å². The quantitative estimate of drug-likeness (QED) is 0.823. The zero-order valence-electron chi connectivity index (χ0n) is 14.9. The molecule has 1 atom stereocenters. The van der Waals surface area contributed by atoms with Gasteiger partial charge < -0.3 is 16.0 Å². The van der Waals surface area contributed by atoms with E-state index in [0.29, 0.717) is 24.3 Å². The van der Waals surface area contributed by atoms with Crippen LogP contribution in [0.4, 0.5) is 9.18 Å². The maximum atomic E-state index is 13.0. The zero-order chi connectivity index (χ0) is 18.5. The van der Waals surface area contributed by atoms with Crippen molar-refractivity contribution in [3.05, 3.63) is 47.5 Å². The maximum Gasteiger partial charge on any atom is 0.312 e. The summed E-state index contributed by atoms with van der Waals surface area (Å²) in [6.07, 6.45) is 4.79. The second-order valence-electron chi connectivity index (χ2n) is 6.85. The maximum absolute atomic E-state index is 13.0. The number of piperidine rings is 1. The number of halogens is 1. The molecule has 140 valence electrons. The summed E-state index contributed by atoms with van der Waals surface area (Å²) in [5.41, 5.74) is 6.93. The number of primary amides is 1. The third-order valence-corrected chi connectivity index (χ3v) is 4.94. The Morgan fingerprint density at radius 1 is 1.35 bits per heavy atom. The Bertz CT molecular complexity index is 724. The second kappa shape index (κ2) is 8.27. The molecule has 2 amide bonds. The lowest BCUT2D eigenvalue weighted by atomic mass is 10.0. The van der Waals surface area contributed by atoms with Gasteiger partial charge in [-0.3, -0.25) is 0 Å². The van der Waals surface area contributed by atoms with Crippen LogP contribution in [0.1, 0.15) is 37.1 Å². The van der Waals surface area contributed by atoms with Crippen molar-refractivity contribution in [1.82, 2.24) is 25.2 Å². The molecule has 0 spiro atoms. The van der Waals surface area contributed by atoms with Crippen LogP contribution < -0.4 is 11.1 Å². The molecule has 26 heavy (non-hydrogen) atoms. The van der Waals surface area contributed by atoms with E-state index in [1.165, 1.54) is 12.1 Å². The standard InChI is InChI=1S/C18H25FN6O/c1-13(10-14-2-4-15(19)5-3-14)24-8-6-17(7-9-24)25-12-16(22-23-25)11-21-18(20)26/h2-5,12-13,17H,6-11H2,1H3,(H3,20,21,26)/t13-/m0/s1. The summed E-state index contributed by atoms with van der Waals surface area (Å²) in [4.78, 5) is 13.2. The van der Waals surface area contributed by atoms with Gasteiger partial charge in [0.15, 0.2) is 0 Å². The molecule has 3 N–H and O–H groups in total. The van der Waals surface area contributed by atoms with E-state index in [0.717, 1.165) is 37.9 Å². The molecule has 7 nitrogen and oxygen atoms in total. The SMILES string of the molecule is C[C@@H](Cc1ccc(F)cc1)N1CCC(n2cc(CNC(N)=O)nn2)CC1. The smallest absolute Gasteiger partial charge is 0.312 e. The summed E-state index contributed by atoms with van der Waals surface area (Å²) in [6.45, 7) is 4.49. The van der Waals surface area contributed by atoms with Gasteiger partial charge in [0.1, 0.15) is 11.5 Å². The highest BCUT2D eigenvalue weighted by atomic mass is 19.1. The summed E-state index contributed by atoms with van der Waals surface area (Å²) >= 11 is 0. The minimum atomic E-state index is -0.567. The van der Waals surface area contributed by atoms with E-state index >= 15 is 0 Å². The fourth-order valence-electron chi connectivity index (χ4n) is 3.43. The molecular weight excluding hydrogens is 335 g/mol. The van der Waals surface area contributed by atoms with Gasteiger partial charge in [0.2, 0.25) is 0 Å². The molecule has 0 unspecified atom stereocenters. The monoisotopic (exact) mass is 360 g/mol. The molecule has 2 aromatic rings. The number of aromatic nitrogens is 3. The van der Waals surface area contributed by atoms with Crippen molar-refractivity contribution in [1.29, 1.82) is 0 Å². The van der Waals surface area contributed by atoms with E-state index in [2.05, 4.69) is 27.5 Å². The fourth-order valence-corrected chi connectivity index (χ4v) is 3.43. The molecule has 1 fully saturated rings. The van der Waals surface area contributed by atoms with Crippen LogP contribution in [0.2, 0.25) is 0 Å².